The molecule has 3 aliphatic rings. The van der Waals surface area contributed by atoms with Gasteiger partial charge in [0.1, 0.15) is 6.54 Å². The lowest BCUT2D eigenvalue weighted by Crippen LogP contribution is -2.28. The average Bonchev–Trinajstić information content (AvgIpc) is 3.38. The molecule has 0 spiro atoms. The molecule has 1 saturated heterocycles. The summed E-state index contributed by atoms with van der Waals surface area (Å²) in [5.74, 6) is -0.0109. The van der Waals surface area contributed by atoms with Crippen LogP contribution in [0.25, 0.3) is 0 Å². The van der Waals surface area contributed by atoms with Crippen LogP contribution in [0.2, 0.25) is 0 Å². The lowest BCUT2D eigenvalue weighted by Gasteiger charge is -2.25. The molecule has 0 unspecified atom stereocenters. The molecule has 4 rings (SSSR count). The molecular weight excluding hydrogens is 435 g/mol. The van der Waals surface area contributed by atoms with Gasteiger partial charge in [-0.05, 0) is 55.7 Å². The Morgan fingerprint density at radius 1 is 1.22 bits per heavy atom. The Labute approximate surface area is 187 Å². The zero-order valence-electron chi connectivity index (χ0n) is 18.0. The molecule has 0 aromatic heterocycles. The van der Waals surface area contributed by atoms with Crippen LogP contribution in [-0.2, 0) is 20.0 Å². The number of halogens is 1. The van der Waals surface area contributed by atoms with Gasteiger partial charge in [-0.15, -0.1) is 0 Å². The van der Waals surface area contributed by atoms with E-state index >= 15 is 0 Å². The molecule has 2 saturated carbocycles. The fraction of sp³-hybridized carbons (Fsp3) is 0.565. The number of sulfone groups is 1. The number of benzene rings is 1. The molecule has 2 aliphatic carbocycles. The van der Waals surface area contributed by atoms with E-state index in [-0.39, 0.29) is 36.3 Å². The second-order valence-electron chi connectivity index (χ2n) is 9.12. The normalized spacial score (nSPS) is 20.5. The minimum absolute atomic E-state index is 0.00259. The number of hydrogen-bond donors (Lipinski definition) is 1. The number of ether oxygens (including phenoxy) is 1. The zero-order valence-corrected chi connectivity index (χ0v) is 18.8. The lowest BCUT2D eigenvalue weighted by atomic mass is 9.86. The highest BCUT2D eigenvalue weighted by atomic mass is 32.2. The van der Waals surface area contributed by atoms with Gasteiger partial charge in [0, 0.05) is 12.0 Å². The van der Waals surface area contributed by atoms with Crippen molar-refractivity contribution < 1.29 is 27.1 Å². The number of hydrogen-bond acceptors (Lipinski definition) is 5. The van der Waals surface area contributed by atoms with Gasteiger partial charge in [0.15, 0.2) is 21.4 Å². The first kappa shape index (κ1) is 22.8. The summed E-state index contributed by atoms with van der Waals surface area (Å²) in [7, 11) is -3.32. The summed E-state index contributed by atoms with van der Waals surface area (Å²) in [5.41, 5.74) is 0.366. The number of carbonyl (C=O) groups excluding carboxylic acids is 2. The number of amides is 3. The van der Waals surface area contributed by atoms with Crippen LogP contribution < -0.4 is 10.1 Å². The number of imide groups is 1. The van der Waals surface area contributed by atoms with Gasteiger partial charge >= 0.3 is 6.03 Å². The highest BCUT2D eigenvalue weighted by molar-refractivity contribution is 7.91. The van der Waals surface area contributed by atoms with Crippen molar-refractivity contribution in [3.05, 3.63) is 41.7 Å². The van der Waals surface area contributed by atoms with Crippen molar-refractivity contribution >= 4 is 21.8 Å². The molecule has 7 nitrogen and oxygen atoms in total. The van der Waals surface area contributed by atoms with Crippen molar-refractivity contribution in [3.8, 4) is 5.75 Å². The van der Waals surface area contributed by atoms with Gasteiger partial charge in [-0.2, -0.15) is 0 Å². The van der Waals surface area contributed by atoms with Crippen molar-refractivity contribution in [1.29, 1.82) is 0 Å². The van der Waals surface area contributed by atoms with E-state index in [4.69, 9.17) is 4.74 Å². The van der Waals surface area contributed by atoms with E-state index in [0.29, 0.717) is 18.9 Å². The summed E-state index contributed by atoms with van der Waals surface area (Å²) < 4.78 is 45.3. The molecule has 1 heterocycles. The summed E-state index contributed by atoms with van der Waals surface area (Å²) >= 11 is 0. The van der Waals surface area contributed by atoms with Gasteiger partial charge in [-0.25, -0.2) is 17.6 Å². The standard InChI is InChI=1S/C23H29FN2O5S/c24-19-8-7-18(13-20(19)31-15-17-5-4-6-17)23(9-10-23)16-32(29,30)12-3-1-2-11-26-14-21(27)25-22(26)28/h1-2,7-8,13,17H,3-6,9-12,14-16H2,(H,25,27,28)/b2-1+. The van der Waals surface area contributed by atoms with Gasteiger partial charge in [0.25, 0.3) is 0 Å². The Hall–Kier alpha value is -2.42. The minimum Gasteiger partial charge on any atom is -0.490 e. The molecule has 174 valence electrons. The van der Waals surface area contributed by atoms with E-state index in [0.717, 1.165) is 31.2 Å². The third-order valence-corrected chi connectivity index (χ3v) is 8.40. The second-order valence-corrected chi connectivity index (χ2v) is 11.3. The topological polar surface area (TPSA) is 92.8 Å². The summed E-state index contributed by atoms with van der Waals surface area (Å²) in [6, 6.07) is 4.30. The molecule has 1 aliphatic heterocycles. The SMILES string of the molecule is O=C1CN(C/C=C/CCS(=O)(=O)CC2(c3ccc(F)c(OCC4CCC4)c3)CC2)C(=O)N1. The Balaban J connectivity index is 1.30. The van der Waals surface area contributed by atoms with Gasteiger partial charge in [0.2, 0.25) is 5.91 Å². The molecule has 3 fully saturated rings. The third kappa shape index (κ3) is 5.49. The molecule has 0 radical (unpaired) electrons. The highest BCUT2D eigenvalue weighted by Gasteiger charge is 2.47. The Morgan fingerprint density at radius 2 is 2.00 bits per heavy atom. The number of rotatable bonds is 11. The molecule has 0 atom stereocenters. The summed E-state index contributed by atoms with van der Waals surface area (Å²) in [4.78, 5) is 24.0. The predicted molar refractivity (Wildman–Crippen MR) is 118 cm³/mol. The van der Waals surface area contributed by atoms with Crippen LogP contribution in [0.3, 0.4) is 0 Å². The first-order valence-electron chi connectivity index (χ1n) is 11.1. The van der Waals surface area contributed by atoms with Gasteiger partial charge in [0.05, 0.1) is 18.1 Å². The fourth-order valence-corrected chi connectivity index (χ4v) is 6.11. The number of urea groups is 1. The molecule has 1 aromatic carbocycles. The smallest absolute Gasteiger partial charge is 0.324 e. The van der Waals surface area contributed by atoms with Crippen molar-refractivity contribution in [2.45, 2.75) is 43.9 Å². The molecule has 1 N–H and O–H groups in total. The molecule has 0 bridgehead atoms. The average molecular weight is 465 g/mol. The Kier molecular flexibility index (Phi) is 6.55. The van der Waals surface area contributed by atoms with E-state index < -0.39 is 27.1 Å². The first-order chi connectivity index (χ1) is 15.3. The van der Waals surface area contributed by atoms with Gasteiger partial charge in [-0.3, -0.25) is 10.1 Å². The predicted octanol–water partition coefficient (Wildman–Crippen LogP) is 2.95. The van der Waals surface area contributed by atoms with E-state index in [9.17, 15) is 22.4 Å². The van der Waals surface area contributed by atoms with Crippen molar-refractivity contribution in [1.82, 2.24) is 10.2 Å². The quantitative estimate of drug-likeness (QED) is 0.402. The van der Waals surface area contributed by atoms with Crippen LogP contribution in [0.5, 0.6) is 5.75 Å². The van der Waals surface area contributed by atoms with E-state index in [1.54, 1.807) is 24.3 Å². The van der Waals surface area contributed by atoms with Gasteiger partial charge in [-0.1, -0.05) is 24.6 Å². The summed E-state index contributed by atoms with van der Waals surface area (Å²) in [6.07, 6.45) is 8.69. The van der Waals surface area contributed by atoms with E-state index in [2.05, 4.69) is 5.32 Å². The maximum absolute atomic E-state index is 14.2. The summed E-state index contributed by atoms with van der Waals surface area (Å²) in [5, 5.41) is 2.19. The Bertz CT molecular complexity index is 1020. The molecule has 1 aromatic rings. The zero-order chi connectivity index (χ0) is 22.8. The van der Waals surface area contributed by atoms with Crippen LogP contribution in [0.4, 0.5) is 9.18 Å². The van der Waals surface area contributed by atoms with Crippen LogP contribution in [0, 0.1) is 11.7 Å². The fourth-order valence-electron chi connectivity index (χ4n) is 4.17. The number of carbonyl (C=O) groups is 2. The highest BCUT2D eigenvalue weighted by Crippen LogP contribution is 2.50. The van der Waals surface area contributed by atoms with Crippen molar-refractivity contribution in [3.63, 3.8) is 0 Å². The molecular formula is C23H29FN2O5S. The number of nitrogens with zero attached hydrogens (tertiary/aromatic N) is 1. The molecule has 32 heavy (non-hydrogen) atoms. The van der Waals surface area contributed by atoms with E-state index in [1.165, 1.54) is 17.4 Å². The van der Waals surface area contributed by atoms with Crippen LogP contribution in [-0.4, -0.2) is 56.5 Å². The maximum atomic E-state index is 14.2. The van der Waals surface area contributed by atoms with Crippen LogP contribution >= 0.6 is 0 Å². The lowest BCUT2D eigenvalue weighted by molar-refractivity contribution is -0.118. The van der Waals surface area contributed by atoms with Crippen LogP contribution in [0.15, 0.2) is 30.4 Å². The monoisotopic (exact) mass is 464 g/mol. The largest absolute Gasteiger partial charge is 0.490 e. The summed E-state index contributed by atoms with van der Waals surface area (Å²) in [6.45, 7) is 0.792. The van der Waals surface area contributed by atoms with Crippen LogP contribution in [0.1, 0.15) is 44.1 Å². The van der Waals surface area contributed by atoms with Crippen molar-refractivity contribution in [2.24, 2.45) is 5.92 Å². The number of allylic oxidation sites excluding steroid dienone is 1. The number of nitrogens with one attached hydrogen (secondary N) is 1. The minimum atomic E-state index is -3.32. The Morgan fingerprint density at radius 3 is 2.62 bits per heavy atom. The first-order valence-corrected chi connectivity index (χ1v) is 13.0. The second kappa shape index (κ2) is 9.21. The van der Waals surface area contributed by atoms with E-state index in [1.807, 2.05) is 0 Å². The van der Waals surface area contributed by atoms with Crippen molar-refractivity contribution in [2.75, 3.05) is 31.2 Å². The molecule has 9 heteroatoms. The maximum Gasteiger partial charge on any atom is 0.324 e. The van der Waals surface area contributed by atoms with Gasteiger partial charge < -0.3 is 9.64 Å². The molecule has 3 amide bonds. The third-order valence-electron chi connectivity index (χ3n) is 6.55.